The molecule has 28 nitrogen and oxygen atoms in total. The fourth-order valence-electron chi connectivity index (χ4n) is 9.36. The summed E-state index contributed by atoms with van der Waals surface area (Å²) < 4.78 is 66.8. The minimum absolute atomic E-state index is 0.0968. The Morgan fingerprint density at radius 2 is 1.01 bits per heavy atom. The second-order valence-electron chi connectivity index (χ2n) is 22.5. The highest BCUT2D eigenvalue weighted by molar-refractivity contribution is 6.08. The molecule has 0 aliphatic rings. The van der Waals surface area contributed by atoms with Gasteiger partial charge in [0.25, 0.3) is 5.91 Å². The number of aldehydes is 1. The minimum atomic E-state index is -0.302. The third kappa shape index (κ3) is 35.1. The van der Waals surface area contributed by atoms with Gasteiger partial charge in [-0.2, -0.15) is 0 Å². The molecule has 0 aliphatic heterocycles. The normalized spacial score (nSPS) is 11.4. The van der Waals surface area contributed by atoms with Crippen LogP contribution in [0.2, 0.25) is 0 Å². The van der Waals surface area contributed by atoms with Gasteiger partial charge < -0.3 is 78.9 Å². The SMILES string of the molecule is Cc1ccc2c(c1)nc(N)c1ncc(CCc3ccc(OCc4ccc(C(=O)NCCCOCCOCCOCCCNC(=O)CCOCCOOCCOCCOCCOCCOCCOCCOCCOOCCONC(=O)CCCOc5ccc(C=O)c(N)c5)cc4)cc3C)cc12. The Balaban J connectivity index is 0.587. The molecule has 28 heteroatoms. The van der Waals surface area contributed by atoms with E-state index in [0.29, 0.717) is 199 Å². The van der Waals surface area contributed by atoms with Crippen molar-refractivity contribution in [3.05, 3.63) is 130 Å². The number of fused-ring (bicyclic) bond motifs is 3. The fraction of sp³-hybridized carbons (Fsp3) is 0.528. The van der Waals surface area contributed by atoms with Crippen LogP contribution in [-0.2, 0) is 101 Å². The van der Waals surface area contributed by atoms with Crippen LogP contribution in [-0.4, -0.2) is 219 Å². The summed E-state index contributed by atoms with van der Waals surface area (Å²) in [5.74, 6) is 1.21. The van der Waals surface area contributed by atoms with Gasteiger partial charge in [-0.3, -0.25) is 29.0 Å². The predicted octanol–water partition coefficient (Wildman–Crippen LogP) is 6.73. The van der Waals surface area contributed by atoms with Gasteiger partial charge in [0, 0.05) is 79.0 Å². The molecule has 0 radical (unpaired) electrons. The zero-order valence-corrected chi connectivity index (χ0v) is 57.8. The number of nitrogens with one attached hydrogen (secondary N) is 3. The number of nitrogens with two attached hydrogens (primary N) is 2. The van der Waals surface area contributed by atoms with Gasteiger partial charge >= 0.3 is 0 Å². The van der Waals surface area contributed by atoms with Crippen LogP contribution in [0.4, 0.5) is 11.5 Å². The van der Waals surface area contributed by atoms with Crippen LogP contribution in [0.5, 0.6) is 11.5 Å². The topological polar surface area (TPSA) is 339 Å². The molecule has 3 amide bonds. The number of pyridine rings is 2. The van der Waals surface area contributed by atoms with Gasteiger partial charge in [-0.15, -0.1) is 0 Å². The number of anilines is 2. The Bertz CT molecular complexity index is 3260. The molecular weight excluding hydrogens is 1300 g/mol. The van der Waals surface area contributed by atoms with Crippen molar-refractivity contribution in [2.75, 3.05) is 196 Å². The van der Waals surface area contributed by atoms with Gasteiger partial charge in [-0.1, -0.05) is 30.3 Å². The maximum Gasteiger partial charge on any atom is 0.251 e. The largest absolute Gasteiger partial charge is 0.494 e. The Morgan fingerprint density at radius 3 is 1.59 bits per heavy atom. The second-order valence-corrected chi connectivity index (χ2v) is 22.5. The van der Waals surface area contributed by atoms with E-state index in [1.807, 2.05) is 43.5 Å². The molecule has 0 atom stereocenters. The van der Waals surface area contributed by atoms with Crippen molar-refractivity contribution in [1.29, 1.82) is 0 Å². The summed E-state index contributed by atoms with van der Waals surface area (Å²) in [5, 5.41) is 7.88. The third-order valence-electron chi connectivity index (χ3n) is 14.7. The van der Waals surface area contributed by atoms with Gasteiger partial charge in [0.15, 0.2) is 12.1 Å². The number of rotatable bonds is 60. The predicted molar refractivity (Wildman–Crippen MR) is 372 cm³/mol. The van der Waals surface area contributed by atoms with Crippen molar-refractivity contribution in [2.24, 2.45) is 0 Å². The molecule has 0 saturated carbocycles. The van der Waals surface area contributed by atoms with Gasteiger partial charge in [0.1, 0.15) is 56.7 Å². The number of ether oxygens (including phenoxy) is 12. The number of benzene rings is 4. The number of hydroxylamine groups is 1. The molecule has 4 aromatic carbocycles. The van der Waals surface area contributed by atoms with E-state index in [2.05, 4.69) is 69.4 Å². The molecule has 7 N–H and O–H groups in total. The first-order valence-electron chi connectivity index (χ1n) is 34.0. The number of hydrogen-bond acceptors (Lipinski definition) is 25. The maximum absolute atomic E-state index is 12.8. The van der Waals surface area contributed by atoms with Gasteiger partial charge in [-0.25, -0.2) is 30.0 Å². The average Bonchev–Trinajstić information content (AvgIpc) is 0.772. The van der Waals surface area contributed by atoms with E-state index in [9.17, 15) is 19.2 Å². The third-order valence-corrected chi connectivity index (χ3v) is 14.7. The summed E-state index contributed by atoms with van der Waals surface area (Å²) in [6.45, 7) is 14.8. The Kier molecular flexibility index (Phi) is 41.9. The highest BCUT2D eigenvalue weighted by atomic mass is 17.2. The second kappa shape index (κ2) is 51.5. The van der Waals surface area contributed by atoms with Crippen LogP contribution in [0.1, 0.15) is 80.6 Å². The lowest BCUT2D eigenvalue weighted by Crippen LogP contribution is -2.26. The fourth-order valence-corrected chi connectivity index (χ4v) is 9.36. The van der Waals surface area contributed by atoms with E-state index >= 15 is 0 Å². The van der Waals surface area contributed by atoms with Crippen molar-refractivity contribution in [1.82, 2.24) is 26.1 Å². The van der Waals surface area contributed by atoms with Crippen LogP contribution in [0.3, 0.4) is 0 Å². The lowest BCUT2D eigenvalue weighted by Gasteiger charge is -2.12. The van der Waals surface area contributed by atoms with Gasteiger partial charge in [0.05, 0.1) is 131 Å². The van der Waals surface area contributed by atoms with Crippen molar-refractivity contribution in [3.63, 3.8) is 0 Å². The first-order valence-corrected chi connectivity index (χ1v) is 34.0. The average molecular weight is 1400 g/mol. The van der Waals surface area contributed by atoms with Crippen molar-refractivity contribution in [3.8, 4) is 11.5 Å². The van der Waals surface area contributed by atoms with E-state index in [0.717, 1.165) is 62.7 Å². The lowest BCUT2D eigenvalue weighted by molar-refractivity contribution is -0.304. The molecule has 2 heterocycles. The Hall–Kier alpha value is -7.62. The number of aromatic nitrogens is 2. The van der Waals surface area contributed by atoms with E-state index < -0.39 is 0 Å². The van der Waals surface area contributed by atoms with Crippen molar-refractivity contribution < 1.29 is 100 Å². The Morgan fingerprint density at radius 1 is 0.470 bits per heavy atom. The molecule has 6 aromatic rings. The molecule has 0 unspecified atom stereocenters. The molecule has 6 rings (SSSR count). The first-order chi connectivity index (χ1) is 49.1. The minimum Gasteiger partial charge on any atom is -0.494 e. The summed E-state index contributed by atoms with van der Waals surface area (Å²) in [6.07, 6.45) is 6.50. The summed E-state index contributed by atoms with van der Waals surface area (Å²) in [5.41, 5.74) is 22.9. The highest BCUT2D eigenvalue weighted by Crippen LogP contribution is 2.29. The number of carbonyl (C=O) groups is 4. The number of aryl methyl sites for hydroxylation is 4. The standard InChI is InChI=1S/C72H101N7O21/c1-55-7-18-64-65-50-58(52-77-70(65)71(74)78-67(64)48-55)10-11-59-14-16-62(49-56(59)2)95-54-57-8-12-60(13-9-57)72(83)76-21-5-23-85-27-29-87-28-26-84-22-4-20-75-68(81)19-25-86-40-44-97-98-45-41-92-38-36-90-34-32-88-30-31-89-33-35-91-37-39-93-42-46-99-100-47-43-96-79-69(82)6-3-24-94-63-17-15-61(53-80)66(73)51-63/h7-9,12-18,48-53H,3-6,10-11,19-47,54,73H2,1-2H3,(H2,74,78)(H,75,81)(H,76,83)(H,79,82). The van der Waals surface area contributed by atoms with Crippen LogP contribution < -0.4 is 37.1 Å². The maximum atomic E-state index is 12.8. The number of carbonyl (C=O) groups excluding carboxylic acids is 4. The molecule has 0 bridgehead atoms. The molecule has 2 aromatic heterocycles. The molecule has 0 fully saturated rings. The van der Waals surface area contributed by atoms with E-state index in [4.69, 9.17) is 92.7 Å². The molecule has 0 spiro atoms. The summed E-state index contributed by atoms with van der Waals surface area (Å²) >= 11 is 0. The van der Waals surface area contributed by atoms with Gasteiger partial charge in [-0.05, 0) is 122 Å². The Labute approximate surface area is 584 Å². The van der Waals surface area contributed by atoms with Crippen LogP contribution in [0, 0.1) is 13.8 Å². The molecular formula is C72H101N7O21. The zero-order valence-electron chi connectivity index (χ0n) is 57.8. The van der Waals surface area contributed by atoms with Crippen molar-refractivity contribution in [2.45, 2.75) is 65.4 Å². The molecule has 100 heavy (non-hydrogen) atoms. The highest BCUT2D eigenvalue weighted by Gasteiger charge is 2.13. The summed E-state index contributed by atoms with van der Waals surface area (Å²) in [6, 6.07) is 26.8. The molecule has 550 valence electrons. The molecule has 0 saturated heterocycles. The number of nitrogens with zero attached hydrogens (tertiary/aromatic N) is 2. The zero-order chi connectivity index (χ0) is 70.7. The van der Waals surface area contributed by atoms with Crippen LogP contribution >= 0.6 is 0 Å². The van der Waals surface area contributed by atoms with Crippen molar-refractivity contribution >= 4 is 57.3 Å². The van der Waals surface area contributed by atoms with E-state index in [-0.39, 0.29) is 76.8 Å². The summed E-state index contributed by atoms with van der Waals surface area (Å²) in [7, 11) is 0. The van der Waals surface area contributed by atoms with Crippen LogP contribution in [0.15, 0.2) is 91.1 Å². The monoisotopic (exact) mass is 1400 g/mol. The number of hydrogen-bond donors (Lipinski definition) is 5. The lowest BCUT2D eigenvalue weighted by atomic mass is 9.99. The van der Waals surface area contributed by atoms with Crippen LogP contribution in [0.25, 0.3) is 21.8 Å². The smallest absolute Gasteiger partial charge is 0.251 e. The van der Waals surface area contributed by atoms with Gasteiger partial charge in [0.2, 0.25) is 11.8 Å². The summed E-state index contributed by atoms with van der Waals surface area (Å²) in [4.78, 5) is 82.1. The quantitative estimate of drug-likeness (QED) is 0.00660. The molecule has 0 aliphatic carbocycles. The van der Waals surface area contributed by atoms with E-state index in [1.165, 1.54) is 5.56 Å². The van der Waals surface area contributed by atoms with E-state index in [1.54, 1.807) is 18.2 Å². The number of nitrogen functional groups attached to an aromatic ring is 2. The first kappa shape index (κ1) is 81.3. The number of amides is 3.